The first-order valence-electron chi connectivity index (χ1n) is 8.00. The standard InChI is InChI=1S/C17H36OSi/c1-8-9-10-11-12-13-17(18-4)16(15(2)3)14-19(5,6)7/h16-17H,2,8-14H2,1,3-7H3. The topological polar surface area (TPSA) is 9.23 Å². The fourth-order valence-corrected chi connectivity index (χ4v) is 4.65. The van der Waals surface area contributed by atoms with E-state index in [0.717, 1.165) is 0 Å². The Kier molecular flexibility index (Phi) is 9.72. The molecule has 114 valence electrons. The SMILES string of the molecule is C=C(C)C(C[Si](C)(C)C)C(CCCCCCC)OC. The molecular formula is C17H36OSi. The van der Waals surface area contributed by atoms with Crippen molar-refractivity contribution in [3.63, 3.8) is 0 Å². The van der Waals surface area contributed by atoms with Crippen LogP contribution in [0.25, 0.3) is 0 Å². The van der Waals surface area contributed by atoms with Gasteiger partial charge in [-0.1, -0.05) is 70.8 Å². The second-order valence-electron chi connectivity index (χ2n) is 7.19. The summed E-state index contributed by atoms with van der Waals surface area (Å²) in [5.41, 5.74) is 1.31. The van der Waals surface area contributed by atoms with Crippen LogP contribution in [0.3, 0.4) is 0 Å². The summed E-state index contributed by atoms with van der Waals surface area (Å²) in [5, 5.41) is 0. The minimum absolute atomic E-state index is 0.380. The maximum absolute atomic E-state index is 5.79. The summed E-state index contributed by atoms with van der Waals surface area (Å²) in [6.07, 6.45) is 8.29. The van der Waals surface area contributed by atoms with Crippen molar-refractivity contribution in [1.82, 2.24) is 0 Å². The number of ether oxygens (including phenoxy) is 1. The first-order chi connectivity index (χ1) is 8.81. The average molecular weight is 285 g/mol. The molecule has 0 saturated carbocycles. The van der Waals surface area contributed by atoms with E-state index in [1.54, 1.807) is 0 Å². The third-order valence-electron chi connectivity index (χ3n) is 3.81. The second-order valence-corrected chi connectivity index (χ2v) is 12.7. The van der Waals surface area contributed by atoms with E-state index < -0.39 is 8.07 Å². The summed E-state index contributed by atoms with van der Waals surface area (Å²) in [4.78, 5) is 0. The molecule has 2 atom stereocenters. The lowest BCUT2D eigenvalue weighted by Crippen LogP contribution is -2.32. The van der Waals surface area contributed by atoms with Crippen LogP contribution in [-0.4, -0.2) is 21.3 Å². The largest absolute Gasteiger partial charge is 0.381 e. The molecule has 0 aromatic rings. The van der Waals surface area contributed by atoms with Gasteiger partial charge in [-0.3, -0.25) is 0 Å². The van der Waals surface area contributed by atoms with Crippen LogP contribution in [0, 0.1) is 5.92 Å². The lowest BCUT2D eigenvalue weighted by molar-refractivity contribution is 0.0612. The Hall–Kier alpha value is -0.0831. The van der Waals surface area contributed by atoms with Gasteiger partial charge in [-0.05, 0) is 19.4 Å². The Morgan fingerprint density at radius 3 is 2.11 bits per heavy atom. The smallest absolute Gasteiger partial charge is 0.0633 e. The molecular weight excluding hydrogens is 248 g/mol. The van der Waals surface area contributed by atoms with Gasteiger partial charge in [0.2, 0.25) is 0 Å². The maximum Gasteiger partial charge on any atom is 0.0633 e. The normalized spacial score (nSPS) is 15.3. The van der Waals surface area contributed by atoms with E-state index >= 15 is 0 Å². The molecule has 0 saturated heterocycles. The zero-order valence-electron chi connectivity index (χ0n) is 14.2. The van der Waals surface area contributed by atoms with Crippen LogP contribution in [0.2, 0.25) is 25.7 Å². The molecule has 0 aliphatic carbocycles. The first kappa shape index (κ1) is 18.9. The van der Waals surface area contributed by atoms with Crippen molar-refractivity contribution in [1.29, 1.82) is 0 Å². The summed E-state index contributed by atoms with van der Waals surface area (Å²) in [6.45, 7) is 16.0. The molecule has 0 aliphatic heterocycles. The second kappa shape index (κ2) is 9.76. The van der Waals surface area contributed by atoms with Crippen molar-refractivity contribution in [2.75, 3.05) is 7.11 Å². The highest BCUT2D eigenvalue weighted by molar-refractivity contribution is 6.76. The highest BCUT2D eigenvalue weighted by atomic mass is 28.3. The Balaban J connectivity index is 4.30. The number of hydrogen-bond acceptors (Lipinski definition) is 1. The van der Waals surface area contributed by atoms with Crippen LogP contribution >= 0.6 is 0 Å². The molecule has 2 unspecified atom stereocenters. The summed E-state index contributed by atoms with van der Waals surface area (Å²) >= 11 is 0. The summed E-state index contributed by atoms with van der Waals surface area (Å²) in [5.74, 6) is 0.558. The van der Waals surface area contributed by atoms with Crippen molar-refractivity contribution in [3.05, 3.63) is 12.2 Å². The number of unbranched alkanes of at least 4 members (excludes halogenated alkanes) is 4. The van der Waals surface area contributed by atoms with Crippen LogP contribution in [0.5, 0.6) is 0 Å². The van der Waals surface area contributed by atoms with Crippen LogP contribution in [0.4, 0.5) is 0 Å². The molecule has 0 aromatic heterocycles. The van der Waals surface area contributed by atoms with E-state index in [-0.39, 0.29) is 0 Å². The van der Waals surface area contributed by atoms with E-state index in [1.165, 1.54) is 50.1 Å². The van der Waals surface area contributed by atoms with Gasteiger partial charge in [0.25, 0.3) is 0 Å². The first-order valence-corrected chi connectivity index (χ1v) is 11.7. The predicted octanol–water partition coefficient (Wildman–Crippen LogP) is 5.89. The molecule has 0 aromatic carbocycles. The molecule has 0 spiro atoms. The van der Waals surface area contributed by atoms with E-state index in [1.807, 2.05) is 7.11 Å². The monoisotopic (exact) mass is 284 g/mol. The molecule has 0 rings (SSSR count). The molecule has 0 fully saturated rings. The fraction of sp³-hybridized carbons (Fsp3) is 0.882. The van der Waals surface area contributed by atoms with Gasteiger partial charge in [0.1, 0.15) is 0 Å². The lowest BCUT2D eigenvalue weighted by Gasteiger charge is -2.31. The van der Waals surface area contributed by atoms with Gasteiger partial charge < -0.3 is 4.74 Å². The molecule has 0 N–H and O–H groups in total. The van der Waals surface area contributed by atoms with Crippen molar-refractivity contribution in [2.45, 2.75) is 84.2 Å². The van der Waals surface area contributed by atoms with Gasteiger partial charge in [0, 0.05) is 21.1 Å². The van der Waals surface area contributed by atoms with Crippen molar-refractivity contribution >= 4 is 8.07 Å². The van der Waals surface area contributed by atoms with Crippen molar-refractivity contribution in [2.24, 2.45) is 5.92 Å². The summed E-state index contributed by atoms with van der Waals surface area (Å²) < 4.78 is 5.79. The van der Waals surface area contributed by atoms with Crippen LogP contribution < -0.4 is 0 Å². The Morgan fingerprint density at radius 1 is 1.11 bits per heavy atom. The highest BCUT2D eigenvalue weighted by Crippen LogP contribution is 2.29. The van der Waals surface area contributed by atoms with Gasteiger partial charge >= 0.3 is 0 Å². The van der Waals surface area contributed by atoms with E-state index in [4.69, 9.17) is 4.74 Å². The Labute approximate surface area is 122 Å². The molecule has 0 bridgehead atoms. The van der Waals surface area contributed by atoms with E-state index in [0.29, 0.717) is 12.0 Å². The number of rotatable bonds is 11. The van der Waals surface area contributed by atoms with Gasteiger partial charge in [-0.25, -0.2) is 0 Å². The average Bonchev–Trinajstić information content (AvgIpc) is 2.30. The van der Waals surface area contributed by atoms with Crippen molar-refractivity contribution in [3.8, 4) is 0 Å². The van der Waals surface area contributed by atoms with Crippen molar-refractivity contribution < 1.29 is 4.74 Å². The molecule has 0 radical (unpaired) electrons. The van der Waals surface area contributed by atoms with Crippen LogP contribution in [-0.2, 0) is 4.74 Å². The lowest BCUT2D eigenvalue weighted by atomic mass is 9.93. The Morgan fingerprint density at radius 2 is 1.68 bits per heavy atom. The molecule has 1 nitrogen and oxygen atoms in total. The van der Waals surface area contributed by atoms with Crippen LogP contribution in [0.15, 0.2) is 12.2 Å². The maximum atomic E-state index is 5.79. The predicted molar refractivity (Wildman–Crippen MR) is 90.6 cm³/mol. The van der Waals surface area contributed by atoms with Gasteiger partial charge in [0.05, 0.1) is 6.10 Å². The molecule has 19 heavy (non-hydrogen) atoms. The zero-order chi connectivity index (χ0) is 14.9. The molecule has 0 amide bonds. The fourth-order valence-electron chi connectivity index (χ4n) is 2.72. The van der Waals surface area contributed by atoms with Gasteiger partial charge in [-0.15, -0.1) is 0 Å². The van der Waals surface area contributed by atoms with E-state index in [9.17, 15) is 0 Å². The van der Waals surface area contributed by atoms with Gasteiger partial charge in [0.15, 0.2) is 0 Å². The minimum Gasteiger partial charge on any atom is -0.381 e. The third kappa shape index (κ3) is 9.45. The molecule has 0 heterocycles. The molecule has 2 heteroatoms. The van der Waals surface area contributed by atoms with Gasteiger partial charge in [-0.2, -0.15) is 0 Å². The zero-order valence-corrected chi connectivity index (χ0v) is 15.2. The highest BCUT2D eigenvalue weighted by Gasteiger charge is 2.27. The molecule has 0 aliphatic rings. The quantitative estimate of drug-likeness (QED) is 0.261. The Bertz CT molecular complexity index is 242. The minimum atomic E-state index is -1.06. The number of methoxy groups -OCH3 is 1. The summed E-state index contributed by atoms with van der Waals surface area (Å²) in [7, 11) is 0.809. The van der Waals surface area contributed by atoms with Crippen LogP contribution in [0.1, 0.15) is 52.4 Å². The number of hydrogen-bond donors (Lipinski definition) is 0. The third-order valence-corrected chi connectivity index (χ3v) is 5.47. The summed E-state index contributed by atoms with van der Waals surface area (Å²) in [6, 6.07) is 1.30. The van der Waals surface area contributed by atoms with E-state index in [2.05, 4.69) is 40.1 Å².